The van der Waals surface area contributed by atoms with Crippen LogP contribution >= 0.6 is 0 Å². The standard InChI is InChI=1S/C13H17NO3S/c1-2-8-14-18(16,17)12-5-3-4-11(9-12)13(15)10-6-7-10/h3-5,9-10,14H,2,6-8H2,1H3. The van der Waals surface area contributed by atoms with Crippen molar-refractivity contribution in [3.05, 3.63) is 29.8 Å². The van der Waals surface area contributed by atoms with E-state index in [0.29, 0.717) is 12.1 Å². The van der Waals surface area contributed by atoms with Gasteiger partial charge in [-0.1, -0.05) is 19.1 Å². The van der Waals surface area contributed by atoms with Crippen LogP contribution in [0.5, 0.6) is 0 Å². The van der Waals surface area contributed by atoms with Gasteiger partial charge in [0.2, 0.25) is 10.0 Å². The normalized spacial score (nSPS) is 15.6. The lowest BCUT2D eigenvalue weighted by atomic mass is 10.1. The van der Waals surface area contributed by atoms with Crippen molar-refractivity contribution in [1.29, 1.82) is 0 Å². The van der Waals surface area contributed by atoms with E-state index in [2.05, 4.69) is 4.72 Å². The van der Waals surface area contributed by atoms with Crippen LogP contribution in [0.3, 0.4) is 0 Å². The van der Waals surface area contributed by atoms with Gasteiger partial charge in [0.1, 0.15) is 0 Å². The van der Waals surface area contributed by atoms with Crippen LogP contribution in [-0.4, -0.2) is 20.7 Å². The maximum Gasteiger partial charge on any atom is 0.240 e. The molecule has 1 aliphatic rings. The van der Waals surface area contributed by atoms with E-state index < -0.39 is 10.0 Å². The lowest BCUT2D eigenvalue weighted by Crippen LogP contribution is -2.24. The van der Waals surface area contributed by atoms with Crippen LogP contribution in [0.2, 0.25) is 0 Å². The van der Waals surface area contributed by atoms with Crippen LogP contribution in [0.1, 0.15) is 36.5 Å². The highest BCUT2D eigenvalue weighted by molar-refractivity contribution is 7.89. The van der Waals surface area contributed by atoms with E-state index >= 15 is 0 Å². The number of hydrogen-bond donors (Lipinski definition) is 1. The van der Waals surface area contributed by atoms with E-state index in [1.165, 1.54) is 12.1 Å². The lowest BCUT2D eigenvalue weighted by Gasteiger charge is -2.07. The number of sulfonamides is 1. The molecule has 0 heterocycles. The van der Waals surface area contributed by atoms with Crippen molar-refractivity contribution < 1.29 is 13.2 Å². The van der Waals surface area contributed by atoms with Gasteiger partial charge in [0.25, 0.3) is 0 Å². The summed E-state index contributed by atoms with van der Waals surface area (Å²) < 4.78 is 26.4. The summed E-state index contributed by atoms with van der Waals surface area (Å²) in [4.78, 5) is 12.1. The van der Waals surface area contributed by atoms with E-state index in [-0.39, 0.29) is 16.6 Å². The molecule has 0 unspecified atom stereocenters. The van der Waals surface area contributed by atoms with Crippen LogP contribution in [0.25, 0.3) is 0 Å². The number of rotatable bonds is 6. The Morgan fingerprint density at radius 2 is 2.11 bits per heavy atom. The van der Waals surface area contributed by atoms with E-state index in [9.17, 15) is 13.2 Å². The fourth-order valence-corrected chi connectivity index (χ4v) is 2.90. The number of hydrogen-bond acceptors (Lipinski definition) is 3. The maximum atomic E-state index is 11.9. The third kappa shape index (κ3) is 2.97. The number of ketones is 1. The minimum atomic E-state index is -3.49. The van der Waals surface area contributed by atoms with Gasteiger partial charge in [-0.2, -0.15) is 0 Å². The highest BCUT2D eigenvalue weighted by atomic mass is 32.2. The number of carbonyl (C=O) groups excluding carboxylic acids is 1. The zero-order valence-corrected chi connectivity index (χ0v) is 11.2. The summed E-state index contributed by atoms with van der Waals surface area (Å²) in [7, 11) is -3.49. The van der Waals surface area contributed by atoms with Crippen molar-refractivity contribution in [2.45, 2.75) is 31.1 Å². The molecule has 5 heteroatoms. The molecule has 1 saturated carbocycles. The molecule has 1 aromatic carbocycles. The molecule has 4 nitrogen and oxygen atoms in total. The molecular formula is C13H17NO3S. The second-order valence-corrected chi connectivity index (χ2v) is 6.33. The summed E-state index contributed by atoms with van der Waals surface area (Å²) in [6.07, 6.45) is 2.58. The molecule has 1 aliphatic carbocycles. The van der Waals surface area contributed by atoms with Crippen LogP contribution in [0, 0.1) is 5.92 Å². The van der Waals surface area contributed by atoms with Crippen LogP contribution in [0.15, 0.2) is 29.2 Å². The van der Waals surface area contributed by atoms with Crippen LogP contribution in [-0.2, 0) is 10.0 Å². The second-order valence-electron chi connectivity index (χ2n) is 4.56. The van der Waals surface area contributed by atoms with Gasteiger partial charge in [0.05, 0.1) is 4.90 Å². The molecule has 0 aliphatic heterocycles. The quantitative estimate of drug-likeness (QED) is 0.801. The van der Waals surface area contributed by atoms with Crippen molar-refractivity contribution in [1.82, 2.24) is 4.72 Å². The predicted molar refractivity (Wildman–Crippen MR) is 69.0 cm³/mol. The smallest absolute Gasteiger partial charge is 0.240 e. The molecular weight excluding hydrogens is 250 g/mol. The van der Waals surface area contributed by atoms with Gasteiger partial charge < -0.3 is 0 Å². The monoisotopic (exact) mass is 267 g/mol. The Morgan fingerprint density at radius 3 is 2.72 bits per heavy atom. The summed E-state index contributed by atoms with van der Waals surface area (Å²) in [6.45, 7) is 2.30. The van der Waals surface area contributed by atoms with Gasteiger partial charge in [-0.25, -0.2) is 13.1 Å². The zero-order valence-electron chi connectivity index (χ0n) is 10.3. The molecule has 1 aromatic rings. The summed E-state index contributed by atoms with van der Waals surface area (Å²) in [5, 5.41) is 0. The molecule has 98 valence electrons. The third-order valence-corrected chi connectivity index (χ3v) is 4.38. The SMILES string of the molecule is CCCNS(=O)(=O)c1cccc(C(=O)C2CC2)c1. The third-order valence-electron chi connectivity index (χ3n) is 2.92. The van der Waals surface area contributed by atoms with Gasteiger partial charge in [-0.05, 0) is 31.4 Å². The van der Waals surface area contributed by atoms with Crippen molar-refractivity contribution in [3.63, 3.8) is 0 Å². The van der Waals surface area contributed by atoms with E-state index in [4.69, 9.17) is 0 Å². The molecule has 0 atom stereocenters. The van der Waals surface area contributed by atoms with Gasteiger partial charge in [-0.3, -0.25) is 4.79 Å². The fraction of sp³-hybridized carbons (Fsp3) is 0.462. The topological polar surface area (TPSA) is 63.2 Å². The van der Waals surface area contributed by atoms with E-state index in [1.54, 1.807) is 12.1 Å². The van der Waals surface area contributed by atoms with Gasteiger partial charge in [0.15, 0.2) is 5.78 Å². The molecule has 0 radical (unpaired) electrons. The summed E-state index contributed by atoms with van der Waals surface area (Å²) in [5.74, 6) is 0.161. The molecule has 2 rings (SSSR count). The van der Waals surface area contributed by atoms with Crippen molar-refractivity contribution in [3.8, 4) is 0 Å². The summed E-state index contributed by atoms with van der Waals surface area (Å²) >= 11 is 0. The molecule has 1 fully saturated rings. The van der Waals surface area contributed by atoms with E-state index in [1.807, 2.05) is 6.92 Å². The van der Waals surface area contributed by atoms with Crippen molar-refractivity contribution in [2.24, 2.45) is 5.92 Å². The average Bonchev–Trinajstić information content (AvgIpc) is 3.20. The van der Waals surface area contributed by atoms with Crippen molar-refractivity contribution in [2.75, 3.05) is 6.54 Å². The van der Waals surface area contributed by atoms with E-state index in [0.717, 1.165) is 19.3 Å². The first-order valence-electron chi connectivity index (χ1n) is 6.18. The molecule has 0 bridgehead atoms. The lowest BCUT2D eigenvalue weighted by molar-refractivity contribution is 0.0967. The minimum absolute atomic E-state index is 0.0579. The Bertz CT molecular complexity index is 547. The first-order chi connectivity index (χ1) is 8.54. The van der Waals surface area contributed by atoms with Crippen LogP contribution in [0.4, 0.5) is 0 Å². The minimum Gasteiger partial charge on any atom is -0.294 e. The molecule has 0 amide bonds. The molecule has 18 heavy (non-hydrogen) atoms. The Hall–Kier alpha value is -1.20. The second kappa shape index (κ2) is 5.20. The van der Waals surface area contributed by atoms with Gasteiger partial charge >= 0.3 is 0 Å². The number of carbonyl (C=O) groups is 1. The molecule has 0 aromatic heterocycles. The highest BCUT2D eigenvalue weighted by Crippen LogP contribution is 2.32. The molecule has 0 saturated heterocycles. The highest BCUT2D eigenvalue weighted by Gasteiger charge is 2.30. The largest absolute Gasteiger partial charge is 0.294 e. The summed E-state index contributed by atoms with van der Waals surface area (Å²) in [5.41, 5.74) is 0.497. The molecule has 1 N–H and O–H groups in total. The molecule has 0 spiro atoms. The fourth-order valence-electron chi connectivity index (χ4n) is 1.72. The first kappa shape index (κ1) is 13.2. The Morgan fingerprint density at radius 1 is 1.39 bits per heavy atom. The Balaban J connectivity index is 2.23. The first-order valence-corrected chi connectivity index (χ1v) is 7.67. The maximum absolute atomic E-state index is 11.9. The number of benzene rings is 1. The van der Waals surface area contributed by atoms with Crippen molar-refractivity contribution >= 4 is 15.8 Å². The van der Waals surface area contributed by atoms with Gasteiger partial charge in [-0.15, -0.1) is 0 Å². The summed E-state index contributed by atoms with van der Waals surface area (Å²) in [6, 6.07) is 6.29. The number of nitrogens with one attached hydrogen (secondary N) is 1. The predicted octanol–water partition coefficient (Wildman–Crippen LogP) is 1.97. The Kier molecular flexibility index (Phi) is 3.82. The van der Waals surface area contributed by atoms with Gasteiger partial charge in [0, 0.05) is 18.0 Å². The van der Waals surface area contributed by atoms with Crippen LogP contribution < -0.4 is 4.72 Å². The number of Topliss-reactive ketones (excluding diaryl/α,β-unsaturated/α-hetero) is 1. The Labute approximate surface area is 107 Å². The average molecular weight is 267 g/mol. The zero-order chi connectivity index (χ0) is 13.2.